The highest BCUT2D eigenvalue weighted by molar-refractivity contribution is 4.84. The molecule has 2 heteroatoms. The van der Waals surface area contributed by atoms with Crippen molar-refractivity contribution in [3.8, 4) is 0 Å². The molecule has 0 spiro atoms. The van der Waals surface area contributed by atoms with Crippen LogP contribution in [0.25, 0.3) is 0 Å². The van der Waals surface area contributed by atoms with Crippen molar-refractivity contribution in [3.05, 3.63) is 0 Å². The van der Waals surface area contributed by atoms with E-state index in [1.807, 2.05) is 0 Å². The molecule has 0 saturated heterocycles. The van der Waals surface area contributed by atoms with Crippen LogP contribution in [0.5, 0.6) is 0 Å². The van der Waals surface area contributed by atoms with Crippen molar-refractivity contribution in [2.75, 3.05) is 13.2 Å². The Labute approximate surface area is 120 Å². The van der Waals surface area contributed by atoms with Gasteiger partial charge in [0.2, 0.25) is 0 Å². The number of hydrogen-bond acceptors (Lipinski definition) is 2. The van der Waals surface area contributed by atoms with E-state index in [9.17, 15) is 0 Å². The predicted octanol–water partition coefficient (Wildman–Crippen LogP) is 4.39. The molecule has 0 radical (unpaired) electrons. The van der Waals surface area contributed by atoms with Gasteiger partial charge in [-0.3, -0.25) is 0 Å². The zero-order chi connectivity index (χ0) is 14.3. The average Bonchev–Trinajstić information content (AvgIpc) is 2.28. The van der Waals surface area contributed by atoms with Crippen LogP contribution in [0, 0.1) is 11.3 Å². The first-order valence-electron chi connectivity index (χ1n) is 8.29. The summed E-state index contributed by atoms with van der Waals surface area (Å²) in [6.45, 7) is 13.4. The molecule has 114 valence electrons. The molecule has 0 aromatic carbocycles. The van der Waals surface area contributed by atoms with Gasteiger partial charge in [0.15, 0.2) is 0 Å². The molecule has 19 heavy (non-hydrogen) atoms. The maximum absolute atomic E-state index is 5.66. The first kappa shape index (κ1) is 17.0. The van der Waals surface area contributed by atoms with Crippen molar-refractivity contribution in [2.24, 2.45) is 11.3 Å². The van der Waals surface area contributed by atoms with Crippen molar-refractivity contribution >= 4 is 0 Å². The molecule has 2 nitrogen and oxygen atoms in total. The van der Waals surface area contributed by atoms with Gasteiger partial charge in [-0.2, -0.15) is 0 Å². The summed E-state index contributed by atoms with van der Waals surface area (Å²) in [7, 11) is 0. The molecular formula is C17H35NO. The molecule has 0 amide bonds. The molecule has 0 bridgehead atoms. The van der Waals surface area contributed by atoms with E-state index in [4.69, 9.17) is 4.74 Å². The Morgan fingerprint density at radius 2 is 1.89 bits per heavy atom. The summed E-state index contributed by atoms with van der Waals surface area (Å²) in [6, 6.07) is 0.715. The second-order valence-corrected chi connectivity index (χ2v) is 7.40. The summed E-state index contributed by atoms with van der Waals surface area (Å²) in [5, 5.41) is 3.75. The average molecular weight is 269 g/mol. The zero-order valence-electron chi connectivity index (χ0n) is 13.8. The van der Waals surface area contributed by atoms with Crippen molar-refractivity contribution in [3.63, 3.8) is 0 Å². The van der Waals surface area contributed by atoms with Crippen molar-refractivity contribution in [1.29, 1.82) is 0 Å². The van der Waals surface area contributed by atoms with Gasteiger partial charge in [0, 0.05) is 12.6 Å². The zero-order valence-corrected chi connectivity index (χ0v) is 13.8. The minimum absolute atomic E-state index is 0.458. The summed E-state index contributed by atoms with van der Waals surface area (Å²) >= 11 is 0. The van der Waals surface area contributed by atoms with Crippen LogP contribution < -0.4 is 5.32 Å². The van der Waals surface area contributed by atoms with Gasteiger partial charge in [-0.25, -0.2) is 0 Å². The topological polar surface area (TPSA) is 21.3 Å². The highest BCUT2D eigenvalue weighted by Crippen LogP contribution is 2.35. The van der Waals surface area contributed by atoms with Crippen LogP contribution in [0.4, 0.5) is 0 Å². The highest BCUT2D eigenvalue weighted by atomic mass is 16.5. The van der Waals surface area contributed by atoms with Gasteiger partial charge in [0.05, 0.1) is 6.10 Å². The number of hydrogen-bond donors (Lipinski definition) is 1. The summed E-state index contributed by atoms with van der Waals surface area (Å²) in [5.74, 6) is 0.894. The lowest BCUT2D eigenvalue weighted by Gasteiger charge is -2.37. The van der Waals surface area contributed by atoms with Crippen LogP contribution in [0.3, 0.4) is 0 Å². The maximum atomic E-state index is 5.66. The summed E-state index contributed by atoms with van der Waals surface area (Å²) in [4.78, 5) is 0. The largest absolute Gasteiger partial charge is 0.378 e. The third-order valence-electron chi connectivity index (χ3n) is 4.14. The Balaban J connectivity index is 2.26. The van der Waals surface area contributed by atoms with E-state index < -0.39 is 0 Å². The summed E-state index contributed by atoms with van der Waals surface area (Å²) in [6.07, 6.45) is 8.35. The fourth-order valence-corrected chi connectivity index (χ4v) is 2.90. The monoisotopic (exact) mass is 269 g/mol. The molecule has 1 fully saturated rings. The molecule has 0 aliphatic heterocycles. The Morgan fingerprint density at radius 3 is 2.42 bits per heavy atom. The van der Waals surface area contributed by atoms with Gasteiger partial charge in [0.1, 0.15) is 0 Å². The normalized spacial score (nSPS) is 25.1. The predicted molar refractivity (Wildman–Crippen MR) is 83.5 cm³/mol. The lowest BCUT2D eigenvalue weighted by molar-refractivity contribution is -0.0294. The molecule has 1 aliphatic rings. The smallest absolute Gasteiger partial charge is 0.0580 e. The van der Waals surface area contributed by atoms with E-state index in [0.717, 1.165) is 19.1 Å². The minimum Gasteiger partial charge on any atom is -0.378 e. The lowest BCUT2D eigenvalue weighted by atomic mass is 9.76. The first-order valence-corrected chi connectivity index (χ1v) is 8.29. The number of ether oxygens (including phenoxy) is 1. The second-order valence-electron chi connectivity index (χ2n) is 7.40. The third kappa shape index (κ3) is 7.31. The highest BCUT2D eigenvalue weighted by Gasteiger charge is 2.31. The van der Waals surface area contributed by atoms with E-state index in [2.05, 4.69) is 39.9 Å². The second kappa shape index (κ2) is 8.26. The molecule has 0 aromatic rings. The van der Waals surface area contributed by atoms with Gasteiger partial charge in [-0.05, 0) is 63.3 Å². The number of nitrogens with one attached hydrogen (secondary N) is 1. The molecule has 1 rings (SSSR count). The van der Waals surface area contributed by atoms with Crippen LogP contribution in [0.2, 0.25) is 0 Å². The lowest BCUT2D eigenvalue weighted by Crippen LogP contribution is -2.38. The van der Waals surface area contributed by atoms with Crippen LogP contribution in [0.1, 0.15) is 73.1 Å². The SMILES string of the molecule is CCCNC(CCC(C)(C)C)CC1CC(OCC)C1. The van der Waals surface area contributed by atoms with Crippen LogP contribution in [0.15, 0.2) is 0 Å². The van der Waals surface area contributed by atoms with E-state index in [0.29, 0.717) is 17.6 Å². The van der Waals surface area contributed by atoms with Crippen LogP contribution >= 0.6 is 0 Å². The molecule has 1 unspecified atom stereocenters. The Hall–Kier alpha value is -0.0800. The quantitative estimate of drug-likeness (QED) is 0.670. The van der Waals surface area contributed by atoms with Crippen LogP contribution in [-0.2, 0) is 4.74 Å². The summed E-state index contributed by atoms with van der Waals surface area (Å²) < 4.78 is 5.66. The van der Waals surface area contributed by atoms with Gasteiger partial charge in [-0.1, -0.05) is 27.7 Å². The molecule has 1 atom stereocenters. The summed E-state index contributed by atoms with van der Waals surface area (Å²) in [5.41, 5.74) is 0.458. The fourth-order valence-electron chi connectivity index (χ4n) is 2.90. The van der Waals surface area contributed by atoms with Crippen molar-refractivity contribution in [2.45, 2.75) is 85.3 Å². The van der Waals surface area contributed by atoms with Gasteiger partial charge in [0.25, 0.3) is 0 Å². The molecule has 1 aliphatic carbocycles. The molecule has 1 saturated carbocycles. The Morgan fingerprint density at radius 1 is 1.21 bits per heavy atom. The van der Waals surface area contributed by atoms with Gasteiger partial charge < -0.3 is 10.1 Å². The van der Waals surface area contributed by atoms with E-state index in [-0.39, 0.29) is 0 Å². The first-order chi connectivity index (χ1) is 8.94. The maximum Gasteiger partial charge on any atom is 0.0580 e. The standard InChI is InChI=1S/C17H35NO/c1-6-10-18-15(8-9-17(3,4)5)11-14-12-16(13-14)19-7-2/h14-16,18H,6-13H2,1-5H3. The van der Waals surface area contributed by atoms with Gasteiger partial charge >= 0.3 is 0 Å². The van der Waals surface area contributed by atoms with Crippen LogP contribution in [-0.4, -0.2) is 25.3 Å². The van der Waals surface area contributed by atoms with Crippen molar-refractivity contribution < 1.29 is 4.74 Å². The molecule has 0 aromatic heterocycles. The Kier molecular flexibility index (Phi) is 7.38. The van der Waals surface area contributed by atoms with Crippen molar-refractivity contribution in [1.82, 2.24) is 5.32 Å². The molecule has 1 N–H and O–H groups in total. The molecule has 0 heterocycles. The molecular weight excluding hydrogens is 234 g/mol. The van der Waals surface area contributed by atoms with Gasteiger partial charge in [-0.15, -0.1) is 0 Å². The fraction of sp³-hybridized carbons (Fsp3) is 1.00. The third-order valence-corrected chi connectivity index (χ3v) is 4.14. The number of rotatable bonds is 9. The van der Waals surface area contributed by atoms with E-state index >= 15 is 0 Å². The minimum atomic E-state index is 0.458. The van der Waals surface area contributed by atoms with E-state index in [1.165, 1.54) is 38.5 Å². The van der Waals surface area contributed by atoms with E-state index in [1.54, 1.807) is 0 Å². The Bertz CT molecular complexity index is 228.